The highest BCUT2D eigenvalue weighted by Crippen LogP contribution is 2.24. The topological polar surface area (TPSA) is 33.4 Å². The van der Waals surface area contributed by atoms with Gasteiger partial charge in [0.2, 0.25) is 0 Å². The molecule has 3 heteroatoms. The second kappa shape index (κ2) is 6.03. The first-order chi connectivity index (χ1) is 8.25. The van der Waals surface area contributed by atoms with Gasteiger partial charge in [-0.2, -0.15) is 0 Å². The Morgan fingerprint density at radius 2 is 1.88 bits per heavy atom. The molecule has 0 bridgehead atoms. The highest BCUT2D eigenvalue weighted by molar-refractivity contribution is 9.10. The van der Waals surface area contributed by atoms with Crippen molar-refractivity contribution >= 4 is 15.9 Å². The summed E-state index contributed by atoms with van der Waals surface area (Å²) in [5.74, 6) is 0.630. The predicted octanol–water partition coefficient (Wildman–Crippen LogP) is 4.10. The third-order valence-electron chi connectivity index (χ3n) is 2.71. The Bertz CT molecular complexity index is 450. The van der Waals surface area contributed by atoms with Crippen LogP contribution >= 0.6 is 15.9 Å². The fraction of sp³-hybridized carbons (Fsp3) is 0.286. The first kappa shape index (κ1) is 12.4. The summed E-state index contributed by atoms with van der Waals surface area (Å²) in [6.07, 6.45) is 2.14. The van der Waals surface area contributed by atoms with Gasteiger partial charge >= 0.3 is 0 Å². The van der Waals surface area contributed by atoms with E-state index in [4.69, 9.17) is 4.42 Å². The van der Waals surface area contributed by atoms with Crippen LogP contribution in [0.1, 0.15) is 30.3 Å². The fourth-order valence-electron chi connectivity index (χ4n) is 1.79. The van der Waals surface area contributed by atoms with Crippen LogP contribution < -0.4 is 0 Å². The van der Waals surface area contributed by atoms with E-state index in [0.717, 1.165) is 19.3 Å². The number of aliphatic hydroxyl groups excluding tert-OH is 1. The lowest BCUT2D eigenvalue weighted by Crippen LogP contribution is -1.96. The highest BCUT2D eigenvalue weighted by atomic mass is 79.9. The van der Waals surface area contributed by atoms with E-state index in [1.54, 1.807) is 12.1 Å². The van der Waals surface area contributed by atoms with E-state index in [2.05, 4.69) is 28.1 Å². The number of aliphatic hydroxyl groups is 1. The summed E-state index contributed by atoms with van der Waals surface area (Å²) in [6.45, 7) is 0. The molecule has 1 aromatic heterocycles. The molecule has 1 N–H and O–H groups in total. The zero-order valence-corrected chi connectivity index (χ0v) is 11.1. The molecule has 17 heavy (non-hydrogen) atoms. The molecule has 0 amide bonds. The summed E-state index contributed by atoms with van der Waals surface area (Å²) >= 11 is 3.23. The second-order valence-corrected chi connectivity index (χ2v) is 4.82. The number of benzene rings is 1. The van der Waals surface area contributed by atoms with Crippen LogP contribution in [0, 0.1) is 0 Å². The van der Waals surface area contributed by atoms with Crippen molar-refractivity contribution in [1.29, 1.82) is 0 Å². The lowest BCUT2D eigenvalue weighted by Gasteiger charge is -2.07. The highest BCUT2D eigenvalue weighted by Gasteiger charge is 2.11. The molecule has 0 radical (unpaired) electrons. The Kier molecular flexibility index (Phi) is 4.40. The zero-order valence-electron chi connectivity index (χ0n) is 9.47. The third-order valence-corrected chi connectivity index (χ3v) is 3.13. The van der Waals surface area contributed by atoms with E-state index < -0.39 is 6.10 Å². The van der Waals surface area contributed by atoms with E-state index >= 15 is 0 Å². The van der Waals surface area contributed by atoms with Gasteiger partial charge in [0.1, 0.15) is 11.9 Å². The standard InChI is InChI=1S/C14H15BrO2/c15-14-10-9-13(17-14)12(16)8-4-7-11-5-2-1-3-6-11/h1-3,5-6,9-10,12,16H,4,7-8H2. The monoisotopic (exact) mass is 294 g/mol. The van der Waals surface area contributed by atoms with Crippen molar-refractivity contribution in [1.82, 2.24) is 0 Å². The fourth-order valence-corrected chi connectivity index (χ4v) is 2.11. The maximum Gasteiger partial charge on any atom is 0.169 e. The summed E-state index contributed by atoms with van der Waals surface area (Å²) in [7, 11) is 0. The molecule has 0 saturated carbocycles. The van der Waals surface area contributed by atoms with Gasteiger partial charge in [0.05, 0.1) is 0 Å². The molecule has 0 fully saturated rings. The minimum absolute atomic E-state index is 0.509. The number of aryl methyl sites for hydroxylation is 1. The van der Waals surface area contributed by atoms with E-state index in [9.17, 15) is 5.11 Å². The molecule has 1 aromatic carbocycles. The Morgan fingerprint density at radius 1 is 1.12 bits per heavy atom. The number of hydrogen-bond acceptors (Lipinski definition) is 2. The normalized spacial score (nSPS) is 12.6. The lowest BCUT2D eigenvalue weighted by atomic mass is 10.1. The smallest absolute Gasteiger partial charge is 0.169 e. The van der Waals surface area contributed by atoms with Gasteiger partial charge < -0.3 is 9.52 Å². The first-order valence-corrected chi connectivity index (χ1v) is 6.52. The average Bonchev–Trinajstić information content (AvgIpc) is 2.77. The van der Waals surface area contributed by atoms with Crippen molar-refractivity contribution in [3.8, 4) is 0 Å². The summed E-state index contributed by atoms with van der Waals surface area (Å²) in [6, 6.07) is 13.9. The summed E-state index contributed by atoms with van der Waals surface area (Å²) < 4.78 is 5.98. The van der Waals surface area contributed by atoms with Crippen LogP contribution in [0.2, 0.25) is 0 Å². The van der Waals surface area contributed by atoms with Crippen LogP contribution in [0.3, 0.4) is 0 Å². The van der Waals surface area contributed by atoms with Gasteiger partial charge in [-0.1, -0.05) is 30.3 Å². The average molecular weight is 295 g/mol. The molecule has 0 saturated heterocycles. The molecule has 2 nitrogen and oxygen atoms in total. The van der Waals surface area contributed by atoms with Crippen LogP contribution in [0.25, 0.3) is 0 Å². The molecule has 2 aromatic rings. The second-order valence-electron chi connectivity index (χ2n) is 4.04. The summed E-state index contributed by atoms with van der Waals surface area (Å²) in [4.78, 5) is 0. The quantitative estimate of drug-likeness (QED) is 0.901. The van der Waals surface area contributed by atoms with Crippen LogP contribution in [0.4, 0.5) is 0 Å². The van der Waals surface area contributed by atoms with Crippen molar-refractivity contribution in [2.45, 2.75) is 25.4 Å². The lowest BCUT2D eigenvalue weighted by molar-refractivity contribution is 0.136. The van der Waals surface area contributed by atoms with Gasteiger partial charge in [0.25, 0.3) is 0 Å². The number of rotatable bonds is 5. The van der Waals surface area contributed by atoms with Crippen LogP contribution in [-0.4, -0.2) is 5.11 Å². The van der Waals surface area contributed by atoms with Crippen molar-refractivity contribution < 1.29 is 9.52 Å². The van der Waals surface area contributed by atoms with Crippen molar-refractivity contribution in [2.24, 2.45) is 0 Å². The number of furan rings is 1. The van der Waals surface area contributed by atoms with Gasteiger partial charge in [0, 0.05) is 0 Å². The molecule has 1 heterocycles. The Labute approximate surface area is 109 Å². The van der Waals surface area contributed by atoms with Gasteiger partial charge in [-0.3, -0.25) is 0 Å². The van der Waals surface area contributed by atoms with E-state index in [0.29, 0.717) is 10.4 Å². The molecular formula is C14H15BrO2. The SMILES string of the molecule is OC(CCCc1ccccc1)c1ccc(Br)o1. The van der Waals surface area contributed by atoms with Crippen LogP contribution in [0.5, 0.6) is 0 Å². The Morgan fingerprint density at radius 3 is 2.53 bits per heavy atom. The van der Waals surface area contributed by atoms with Gasteiger partial charge in [-0.25, -0.2) is 0 Å². The molecule has 0 spiro atoms. The van der Waals surface area contributed by atoms with Crippen molar-refractivity contribution in [3.05, 3.63) is 58.5 Å². The van der Waals surface area contributed by atoms with E-state index in [-0.39, 0.29) is 0 Å². The first-order valence-electron chi connectivity index (χ1n) is 5.73. The van der Waals surface area contributed by atoms with Gasteiger partial charge in [-0.15, -0.1) is 0 Å². The minimum Gasteiger partial charge on any atom is -0.452 e. The largest absolute Gasteiger partial charge is 0.452 e. The van der Waals surface area contributed by atoms with Crippen molar-refractivity contribution in [2.75, 3.05) is 0 Å². The van der Waals surface area contributed by atoms with Crippen LogP contribution in [-0.2, 0) is 6.42 Å². The molecule has 1 atom stereocenters. The maximum atomic E-state index is 9.90. The van der Waals surface area contributed by atoms with Crippen molar-refractivity contribution in [3.63, 3.8) is 0 Å². The van der Waals surface area contributed by atoms with E-state index in [1.165, 1.54) is 5.56 Å². The molecule has 0 aliphatic rings. The Hall–Kier alpha value is -1.06. The maximum absolute atomic E-state index is 9.90. The van der Waals surface area contributed by atoms with E-state index in [1.807, 2.05) is 18.2 Å². The molecule has 90 valence electrons. The zero-order chi connectivity index (χ0) is 12.1. The molecule has 0 aliphatic carbocycles. The molecule has 0 aliphatic heterocycles. The predicted molar refractivity (Wildman–Crippen MR) is 70.7 cm³/mol. The van der Waals surface area contributed by atoms with Gasteiger partial charge in [0.15, 0.2) is 4.67 Å². The number of halogens is 1. The Balaban J connectivity index is 1.79. The minimum atomic E-state index is -0.509. The molecule has 2 rings (SSSR count). The van der Waals surface area contributed by atoms with Gasteiger partial charge in [-0.05, 0) is 52.9 Å². The molecule has 1 unspecified atom stereocenters. The third kappa shape index (κ3) is 3.72. The molecular weight excluding hydrogens is 280 g/mol. The summed E-state index contributed by atoms with van der Waals surface area (Å²) in [5, 5.41) is 9.90. The summed E-state index contributed by atoms with van der Waals surface area (Å²) in [5.41, 5.74) is 1.31. The number of hydrogen-bond donors (Lipinski definition) is 1. The van der Waals surface area contributed by atoms with Crippen LogP contribution in [0.15, 0.2) is 51.6 Å².